The van der Waals surface area contributed by atoms with Crippen molar-refractivity contribution in [2.24, 2.45) is 5.92 Å². The van der Waals surface area contributed by atoms with Crippen molar-refractivity contribution in [3.63, 3.8) is 0 Å². The molecule has 0 fully saturated rings. The summed E-state index contributed by atoms with van der Waals surface area (Å²) in [5, 5.41) is 0. The summed E-state index contributed by atoms with van der Waals surface area (Å²) < 4.78 is 0. The van der Waals surface area contributed by atoms with Crippen LogP contribution in [-0.2, 0) is 0 Å². The van der Waals surface area contributed by atoms with Gasteiger partial charge in [0.2, 0.25) is 0 Å². The van der Waals surface area contributed by atoms with E-state index in [9.17, 15) is 0 Å². The van der Waals surface area contributed by atoms with E-state index in [1.807, 2.05) is 29.5 Å². The SMILES string of the molecule is CC(C)/C(=C\Br)c1ccncc1. The first-order chi connectivity index (χ1) is 5.75. The fraction of sp³-hybridized carbons (Fsp3) is 0.300. The largest absolute Gasteiger partial charge is 0.265 e. The van der Waals surface area contributed by atoms with Crippen LogP contribution in [0.15, 0.2) is 29.5 Å². The van der Waals surface area contributed by atoms with E-state index >= 15 is 0 Å². The van der Waals surface area contributed by atoms with Crippen molar-refractivity contribution in [1.82, 2.24) is 4.98 Å². The molecule has 0 aliphatic carbocycles. The number of hydrogen-bond acceptors (Lipinski definition) is 1. The molecule has 0 aliphatic rings. The topological polar surface area (TPSA) is 12.9 Å². The summed E-state index contributed by atoms with van der Waals surface area (Å²) in [7, 11) is 0. The Morgan fingerprint density at radius 2 is 2.00 bits per heavy atom. The Kier molecular flexibility index (Phi) is 3.48. The Morgan fingerprint density at radius 1 is 1.42 bits per heavy atom. The normalized spacial score (nSPS) is 12.2. The predicted octanol–water partition coefficient (Wildman–Crippen LogP) is 3.47. The molecule has 1 heterocycles. The second-order valence-electron chi connectivity index (χ2n) is 2.96. The van der Waals surface area contributed by atoms with Gasteiger partial charge in [0.05, 0.1) is 0 Å². The first-order valence-electron chi connectivity index (χ1n) is 3.96. The van der Waals surface area contributed by atoms with Crippen LogP contribution in [0.25, 0.3) is 5.57 Å². The van der Waals surface area contributed by atoms with E-state index < -0.39 is 0 Å². The number of halogens is 1. The minimum absolute atomic E-state index is 0.534. The molecule has 1 nitrogen and oxygen atoms in total. The van der Waals surface area contributed by atoms with Gasteiger partial charge in [-0.15, -0.1) is 0 Å². The number of nitrogens with zero attached hydrogens (tertiary/aromatic N) is 1. The van der Waals surface area contributed by atoms with Crippen molar-refractivity contribution in [3.05, 3.63) is 35.1 Å². The van der Waals surface area contributed by atoms with Gasteiger partial charge in [-0.25, -0.2) is 0 Å². The summed E-state index contributed by atoms with van der Waals surface area (Å²) in [5.41, 5.74) is 2.54. The van der Waals surface area contributed by atoms with Crippen molar-refractivity contribution >= 4 is 21.5 Å². The first-order valence-corrected chi connectivity index (χ1v) is 4.88. The van der Waals surface area contributed by atoms with Gasteiger partial charge in [-0.2, -0.15) is 0 Å². The minimum atomic E-state index is 0.534. The third-order valence-electron chi connectivity index (χ3n) is 1.75. The zero-order valence-electron chi connectivity index (χ0n) is 7.29. The minimum Gasteiger partial charge on any atom is -0.265 e. The lowest BCUT2D eigenvalue weighted by Gasteiger charge is -2.09. The third kappa shape index (κ3) is 2.18. The van der Waals surface area contributed by atoms with E-state index in [2.05, 4.69) is 34.8 Å². The zero-order valence-corrected chi connectivity index (χ0v) is 8.88. The summed E-state index contributed by atoms with van der Waals surface area (Å²) in [6.45, 7) is 4.35. The summed E-state index contributed by atoms with van der Waals surface area (Å²) in [5.74, 6) is 0.534. The standard InChI is InChI=1S/C10H12BrN/c1-8(2)10(7-11)9-3-5-12-6-4-9/h3-8H,1-2H3/b10-7+. The molecule has 0 unspecified atom stereocenters. The summed E-state index contributed by atoms with van der Waals surface area (Å²) in [6, 6.07) is 4.04. The Labute approximate surface area is 81.7 Å². The Bertz CT molecular complexity index is 264. The molecular formula is C10H12BrN. The molecule has 1 aromatic heterocycles. The molecule has 0 bridgehead atoms. The van der Waals surface area contributed by atoms with Crippen molar-refractivity contribution in [1.29, 1.82) is 0 Å². The van der Waals surface area contributed by atoms with Crippen LogP contribution in [0.5, 0.6) is 0 Å². The van der Waals surface area contributed by atoms with E-state index in [-0.39, 0.29) is 0 Å². The maximum Gasteiger partial charge on any atom is 0.0273 e. The number of allylic oxidation sites excluding steroid dienone is 1. The van der Waals surface area contributed by atoms with Crippen LogP contribution in [0.3, 0.4) is 0 Å². The van der Waals surface area contributed by atoms with Gasteiger partial charge in [0.15, 0.2) is 0 Å². The molecule has 0 aliphatic heterocycles. The molecule has 1 rings (SSSR count). The van der Waals surface area contributed by atoms with Gasteiger partial charge in [0, 0.05) is 12.4 Å². The lowest BCUT2D eigenvalue weighted by atomic mass is 9.98. The molecule has 0 spiro atoms. The fourth-order valence-electron chi connectivity index (χ4n) is 1.07. The van der Waals surface area contributed by atoms with E-state index in [1.54, 1.807) is 0 Å². The van der Waals surface area contributed by atoms with Crippen molar-refractivity contribution in [3.8, 4) is 0 Å². The summed E-state index contributed by atoms with van der Waals surface area (Å²) in [6.07, 6.45) is 3.63. The second-order valence-corrected chi connectivity index (χ2v) is 3.41. The smallest absolute Gasteiger partial charge is 0.0273 e. The Balaban J connectivity index is 2.97. The maximum absolute atomic E-state index is 3.98. The molecule has 0 amide bonds. The van der Waals surface area contributed by atoms with Crippen LogP contribution >= 0.6 is 15.9 Å². The molecule has 0 saturated carbocycles. The van der Waals surface area contributed by atoms with Gasteiger partial charge in [-0.1, -0.05) is 29.8 Å². The molecule has 0 aromatic carbocycles. The molecule has 0 radical (unpaired) electrons. The summed E-state index contributed by atoms with van der Waals surface area (Å²) >= 11 is 3.37. The average Bonchev–Trinajstić information content (AvgIpc) is 2.07. The predicted molar refractivity (Wildman–Crippen MR) is 56.0 cm³/mol. The van der Waals surface area contributed by atoms with E-state index in [0.29, 0.717) is 5.92 Å². The van der Waals surface area contributed by atoms with Gasteiger partial charge in [0.25, 0.3) is 0 Å². The highest BCUT2D eigenvalue weighted by molar-refractivity contribution is 9.11. The lowest BCUT2D eigenvalue weighted by Crippen LogP contribution is -1.92. The van der Waals surface area contributed by atoms with Crippen LogP contribution < -0.4 is 0 Å². The average molecular weight is 226 g/mol. The van der Waals surface area contributed by atoms with Crippen LogP contribution in [0, 0.1) is 5.92 Å². The molecular weight excluding hydrogens is 214 g/mol. The molecule has 0 atom stereocenters. The van der Waals surface area contributed by atoms with Crippen molar-refractivity contribution in [2.45, 2.75) is 13.8 Å². The number of rotatable bonds is 2. The molecule has 2 heteroatoms. The highest BCUT2D eigenvalue weighted by Crippen LogP contribution is 2.23. The van der Waals surface area contributed by atoms with Gasteiger partial charge in [-0.3, -0.25) is 4.98 Å². The van der Waals surface area contributed by atoms with Gasteiger partial charge in [-0.05, 0) is 34.2 Å². The van der Waals surface area contributed by atoms with Gasteiger partial charge >= 0.3 is 0 Å². The van der Waals surface area contributed by atoms with Gasteiger partial charge in [0.1, 0.15) is 0 Å². The molecule has 0 saturated heterocycles. The van der Waals surface area contributed by atoms with Crippen LogP contribution in [0.2, 0.25) is 0 Å². The monoisotopic (exact) mass is 225 g/mol. The Hall–Kier alpha value is -0.630. The van der Waals surface area contributed by atoms with Gasteiger partial charge < -0.3 is 0 Å². The second kappa shape index (κ2) is 4.41. The van der Waals surface area contributed by atoms with E-state index in [1.165, 1.54) is 11.1 Å². The summed E-state index contributed by atoms with van der Waals surface area (Å²) in [4.78, 5) is 5.96. The molecule has 0 N–H and O–H groups in total. The van der Waals surface area contributed by atoms with E-state index in [4.69, 9.17) is 0 Å². The van der Waals surface area contributed by atoms with Crippen molar-refractivity contribution < 1.29 is 0 Å². The van der Waals surface area contributed by atoms with Crippen LogP contribution in [0.4, 0.5) is 0 Å². The van der Waals surface area contributed by atoms with Crippen molar-refractivity contribution in [2.75, 3.05) is 0 Å². The molecule has 1 aromatic rings. The molecule has 64 valence electrons. The van der Waals surface area contributed by atoms with E-state index in [0.717, 1.165) is 0 Å². The number of aromatic nitrogens is 1. The zero-order chi connectivity index (χ0) is 8.97. The quantitative estimate of drug-likeness (QED) is 0.752. The lowest BCUT2D eigenvalue weighted by molar-refractivity contribution is 0.857. The first kappa shape index (κ1) is 9.46. The highest BCUT2D eigenvalue weighted by Gasteiger charge is 2.04. The highest BCUT2D eigenvalue weighted by atomic mass is 79.9. The third-order valence-corrected chi connectivity index (χ3v) is 2.25. The van der Waals surface area contributed by atoms with Crippen LogP contribution in [0.1, 0.15) is 19.4 Å². The van der Waals surface area contributed by atoms with Crippen LogP contribution in [-0.4, -0.2) is 4.98 Å². The fourth-order valence-corrected chi connectivity index (χ4v) is 1.86. The Morgan fingerprint density at radius 3 is 2.42 bits per heavy atom. The molecule has 12 heavy (non-hydrogen) atoms. The number of hydrogen-bond donors (Lipinski definition) is 0. The number of pyridine rings is 1. The maximum atomic E-state index is 3.98.